The van der Waals surface area contributed by atoms with Crippen LogP contribution in [0, 0.1) is 0 Å². The lowest BCUT2D eigenvalue weighted by atomic mass is 10.3. The van der Waals surface area contributed by atoms with Gasteiger partial charge in [-0.05, 0) is 6.42 Å². The van der Waals surface area contributed by atoms with Crippen LogP contribution < -0.4 is 0 Å². The molecule has 21 heavy (non-hydrogen) atoms. The fraction of sp³-hybridized carbons (Fsp3) is 1.00. The smallest absolute Gasteiger partial charge is 0.279 e. The van der Waals surface area contributed by atoms with Crippen LogP contribution >= 0.6 is 0 Å². The molecule has 0 atom stereocenters. The van der Waals surface area contributed by atoms with Gasteiger partial charge in [0.15, 0.2) is 0 Å². The summed E-state index contributed by atoms with van der Waals surface area (Å²) in [7, 11) is -11.2. The third-order valence-electron chi connectivity index (χ3n) is 1.56. The third-order valence-corrected chi connectivity index (χ3v) is 3.19. The second kappa shape index (κ2) is 8.14. The van der Waals surface area contributed by atoms with Gasteiger partial charge in [0.2, 0.25) is 0 Å². The highest BCUT2D eigenvalue weighted by Crippen LogP contribution is 2.24. The van der Waals surface area contributed by atoms with Gasteiger partial charge in [-0.2, -0.15) is 43.2 Å². The van der Waals surface area contributed by atoms with Gasteiger partial charge in [0.1, 0.15) is 0 Å². The number of unbranched alkanes of at least 4 members (excludes halogenated alkanes) is 2. The molecular weight excluding hydrogens is 358 g/mol. The highest BCUT2D eigenvalue weighted by molar-refractivity contribution is 7.87. The summed E-state index contributed by atoms with van der Waals surface area (Å²) in [5.41, 5.74) is -10.8. The van der Waals surface area contributed by atoms with Crippen LogP contribution in [0.2, 0.25) is 0 Å². The van der Waals surface area contributed by atoms with Crippen LogP contribution in [0.25, 0.3) is 0 Å². The Kier molecular flexibility index (Phi) is 8.79. The van der Waals surface area contributed by atoms with Crippen molar-refractivity contribution >= 4 is 20.2 Å². The molecule has 0 spiro atoms. The fourth-order valence-corrected chi connectivity index (χ4v) is 1.06. The molecule has 0 heterocycles. The van der Waals surface area contributed by atoms with E-state index < -0.39 is 37.9 Å². The molecule has 0 amide bonds. The molecule has 6 nitrogen and oxygen atoms in total. The molecule has 0 unspecified atom stereocenters. The van der Waals surface area contributed by atoms with Gasteiger partial charge in [0, 0.05) is 0 Å². The molecule has 0 rings (SSSR count). The molecule has 130 valence electrons. The fourth-order valence-electron chi connectivity index (χ4n) is 0.588. The Morgan fingerprint density at radius 3 is 1.52 bits per heavy atom. The number of rotatable bonds is 5. The van der Waals surface area contributed by atoms with E-state index >= 15 is 0 Å². The Balaban J connectivity index is 0. The van der Waals surface area contributed by atoms with E-state index in [0.29, 0.717) is 12.8 Å². The van der Waals surface area contributed by atoms with Gasteiger partial charge >= 0.3 is 31.3 Å². The van der Waals surface area contributed by atoms with Crippen molar-refractivity contribution in [1.29, 1.82) is 0 Å². The van der Waals surface area contributed by atoms with E-state index in [9.17, 15) is 34.8 Å². The lowest BCUT2D eigenvalue weighted by Crippen LogP contribution is -2.25. The van der Waals surface area contributed by atoms with Crippen molar-refractivity contribution in [3.05, 3.63) is 0 Å². The predicted octanol–water partition coefficient (Wildman–Crippen LogP) is 2.44. The highest BCUT2D eigenvalue weighted by atomic mass is 32.2. The molecule has 0 aromatic carbocycles. The zero-order valence-corrected chi connectivity index (χ0v) is 12.0. The zero-order chi connectivity index (χ0) is 17.5. The first kappa shape index (κ1) is 22.7. The van der Waals surface area contributed by atoms with Gasteiger partial charge in [-0.3, -0.25) is 8.74 Å². The number of hydrogen-bond acceptors (Lipinski definition) is 5. The van der Waals surface area contributed by atoms with Gasteiger partial charge in [-0.25, -0.2) is 0 Å². The summed E-state index contributed by atoms with van der Waals surface area (Å²) in [5, 5.41) is 0. The van der Waals surface area contributed by atoms with Crippen molar-refractivity contribution < 1.29 is 51.9 Å². The third kappa shape index (κ3) is 9.87. The van der Waals surface area contributed by atoms with E-state index in [2.05, 4.69) is 4.18 Å². The lowest BCUT2D eigenvalue weighted by molar-refractivity contribution is -0.0543. The van der Waals surface area contributed by atoms with Crippen molar-refractivity contribution in [1.82, 2.24) is 0 Å². The van der Waals surface area contributed by atoms with E-state index in [0.717, 1.165) is 6.42 Å². The Hall–Kier alpha value is -0.600. The van der Waals surface area contributed by atoms with E-state index in [4.69, 9.17) is 13.0 Å². The normalized spacial score (nSPS) is 13.5. The summed E-state index contributed by atoms with van der Waals surface area (Å²) < 4.78 is 117. The second-order valence-corrected chi connectivity index (χ2v) is 6.37. The van der Waals surface area contributed by atoms with E-state index in [-0.39, 0.29) is 0 Å². The maximum absolute atomic E-state index is 11.6. The van der Waals surface area contributed by atoms with Gasteiger partial charge in [-0.15, -0.1) is 0 Å². The molecule has 0 aliphatic carbocycles. The molecule has 0 radical (unpaired) electrons. The SMILES string of the molecule is CCCCCOS(=O)(=O)C(F)(F)F.O=S(=O)(O)C(F)(F)F. The van der Waals surface area contributed by atoms with Crippen molar-refractivity contribution in [2.45, 2.75) is 37.2 Å². The number of hydrogen-bond donors (Lipinski definition) is 1. The summed E-state index contributed by atoms with van der Waals surface area (Å²) in [6.07, 6.45) is 1.74. The molecule has 0 aliphatic heterocycles. The molecule has 0 aromatic rings. The minimum atomic E-state index is -5.84. The van der Waals surface area contributed by atoms with Crippen LogP contribution in [-0.2, 0) is 24.4 Å². The highest BCUT2D eigenvalue weighted by Gasteiger charge is 2.47. The Labute approximate surface area is 117 Å². The van der Waals surface area contributed by atoms with Crippen molar-refractivity contribution in [3.63, 3.8) is 0 Å². The maximum Gasteiger partial charge on any atom is 0.523 e. The molecule has 0 aliphatic rings. The quantitative estimate of drug-likeness (QED) is 0.262. The van der Waals surface area contributed by atoms with Gasteiger partial charge in [0.25, 0.3) is 0 Å². The molecule has 0 saturated heterocycles. The first-order valence-corrected chi connectivity index (χ1v) is 7.90. The largest absolute Gasteiger partial charge is 0.523 e. The lowest BCUT2D eigenvalue weighted by Gasteiger charge is -2.07. The Morgan fingerprint density at radius 1 is 0.905 bits per heavy atom. The van der Waals surface area contributed by atoms with Gasteiger partial charge in [-0.1, -0.05) is 19.8 Å². The van der Waals surface area contributed by atoms with E-state index in [1.54, 1.807) is 0 Å². The number of alkyl halides is 6. The molecule has 0 saturated carbocycles. The summed E-state index contributed by atoms with van der Waals surface area (Å²) in [6, 6.07) is 0. The minimum absolute atomic E-state index is 0.311. The average Bonchev–Trinajstić information content (AvgIpc) is 2.21. The van der Waals surface area contributed by atoms with Crippen LogP contribution in [0.4, 0.5) is 26.3 Å². The van der Waals surface area contributed by atoms with Gasteiger partial charge in [0.05, 0.1) is 6.61 Å². The summed E-state index contributed by atoms with van der Waals surface area (Å²) in [4.78, 5) is 0. The Bertz CT molecular complexity index is 491. The summed E-state index contributed by atoms with van der Waals surface area (Å²) in [5.74, 6) is 0. The van der Waals surface area contributed by atoms with Crippen LogP contribution in [0.3, 0.4) is 0 Å². The van der Waals surface area contributed by atoms with E-state index in [1.165, 1.54) is 0 Å². The average molecular weight is 370 g/mol. The topological polar surface area (TPSA) is 97.7 Å². The second-order valence-electron chi connectivity index (χ2n) is 3.35. The first-order valence-electron chi connectivity index (χ1n) is 5.05. The molecule has 0 bridgehead atoms. The van der Waals surface area contributed by atoms with Crippen molar-refractivity contribution in [3.8, 4) is 0 Å². The molecule has 14 heteroatoms. The van der Waals surface area contributed by atoms with Crippen LogP contribution in [0.5, 0.6) is 0 Å². The number of halogens is 6. The molecular formula is C7H12F6O6S2. The summed E-state index contributed by atoms with van der Waals surface area (Å²) in [6.45, 7) is 1.44. The molecule has 0 fully saturated rings. The van der Waals surface area contributed by atoms with Gasteiger partial charge < -0.3 is 0 Å². The molecule has 0 aromatic heterocycles. The van der Waals surface area contributed by atoms with Crippen molar-refractivity contribution in [2.75, 3.05) is 6.61 Å². The van der Waals surface area contributed by atoms with Crippen LogP contribution in [0.15, 0.2) is 0 Å². The monoisotopic (exact) mass is 370 g/mol. The standard InChI is InChI=1S/C6H11F3O3S.CHF3O3S/c1-2-3-4-5-12-13(10,11)6(7,8)9;2-1(3,4)8(5,6)7/h2-5H2,1H3;(H,5,6,7). The van der Waals surface area contributed by atoms with Crippen molar-refractivity contribution in [2.24, 2.45) is 0 Å². The minimum Gasteiger partial charge on any atom is -0.279 e. The maximum atomic E-state index is 11.6. The van der Waals surface area contributed by atoms with Crippen LogP contribution in [-0.4, -0.2) is 39.0 Å². The summed E-state index contributed by atoms with van der Waals surface area (Å²) >= 11 is 0. The predicted molar refractivity (Wildman–Crippen MR) is 58.1 cm³/mol. The first-order chi connectivity index (χ1) is 9.06. The molecule has 1 N–H and O–H groups in total. The van der Waals surface area contributed by atoms with Crippen LogP contribution in [0.1, 0.15) is 26.2 Å². The van der Waals surface area contributed by atoms with E-state index in [1.807, 2.05) is 6.92 Å². The Morgan fingerprint density at radius 2 is 1.29 bits per heavy atom. The zero-order valence-electron chi connectivity index (χ0n) is 10.4.